The summed E-state index contributed by atoms with van der Waals surface area (Å²) in [4.78, 5) is 27.3. The summed E-state index contributed by atoms with van der Waals surface area (Å²) in [5.41, 5.74) is 8.33. The molecule has 1 aliphatic heterocycles. The Balaban J connectivity index is 1.17. The number of hydrogen-bond donors (Lipinski definition) is 2. The number of hydrogen-bond acceptors (Lipinski definition) is 6. The summed E-state index contributed by atoms with van der Waals surface area (Å²) in [7, 11) is 1.63. The van der Waals surface area contributed by atoms with Crippen molar-refractivity contribution in [1.82, 2.24) is 14.8 Å². The summed E-state index contributed by atoms with van der Waals surface area (Å²) in [5.74, 6) is 1.22. The molecule has 1 aliphatic rings. The summed E-state index contributed by atoms with van der Waals surface area (Å²) in [5, 5.41) is 4.32. The lowest BCUT2D eigenvalue weighted by molar-refractivity contribution is 0.100. The summed E-state index contributed by atoms with van der Waals surface area (Å²) in [6, 6.07) is 21.6. The van der Waals surface area contributed by atoms with Gasteiger partial charge in [-0.05, 0) is 49.7 Å². The summed E-state index contributed by atoms with van der Waals surface area (Å²) in [6.45, 7) is 4.33. The number of likely N-dealkylation sites (tertiary alicyclic amines) is 1. The molecular weight excluding hydrogens is 480 g/mol. The molecule has 2 aromatic heterocycles. The van der Waals surface area contributed by atoms with Gasteiger partial charge in [0.2, 0.25) is 5.91 Å². The number of pyridine rings is 1. The molecule has 4 aromatic rings. The first-order valence-electron chi connectivity index (χ1n) is 13.1. The Morgan fingerprint density at radius 2 is 1.84 bits per heavy atom. The Hall–Kier alpha value is -3.72. The van der Waals surface area contributed by atoms with Gasteiger partial charge in [0.05, 0.1) is 24.2 Å². The quantitative estimate of drug-likeness (QED) is 0.334. The maximum absolute atomic E-state index is 13.0. The molecule has 38 heavy (non-hydrogen) atoms. The smallest absolute Gasteiger partial charge is 0.251 e. The number of ether oxygens (including phenoxy) is 1. The van der Waals surface area contributed by atoms with E-state index in [0.717, 1.165) is 55.1 Å². The molecule has 1 saturated heterocycles. The van der Waals surface area contributed by atoms with E-state index >= 15 is 0 Å². The van der Waals surface area contributed by atoms with Crippen molar-refractivity contribution in [2.75, 3.05) is 26.7 Å². The topological polar surface area (TPSA) is 103 Å². The van der Waals surface area contributed by atoms with Crippen molar-refractivity contribution < 1.29 is 13.9 Å². The third-order valence-corrected chi connectivity index (χ3v) is 7.27. The molecule has 2 aromatic carbocycles. The van der Waals surface area contributed by atoms with Crippen LogP contribution < -0.4 is 16.6 Å². The van der Waals surface area contributed by atoms with Crippen molar-refractivity contribution in [3.63, 3.8) is 0 Å². The molecule has 3 heterocycles. The van der Waals surface area contributed by atoms with Crippen molar-refractivity contribution in [2.24, 2.45) is 5.73 Å². The predicted octanol–water partition coefficient (Wildman–Crippen LogP) is 3.76. The van der Waals surface area contributed by atoms with Crippen LogP contribution in [0.1, 0.15) is 34.5 Å². The number of nitrogens with one attached hydrogen (secondary N) is 1. The Morgan fingerprint density at radius 3 is 2.58 bits per heavy atom. The van der Waals surface area contributed by atoms with Gasteiger partial charge in [0.1, 0.15) is 11.5 Å². The van der Waals surface area contributed by atoms with Crippen molar-refractivity contribution in [3.8, 4) is 11.3 Å². The molecule has 3 N–H and O–H groups in total. The molecule has 0 unspecified atom stereocenters. The normalized spacial score (nSPS) is 14.8. The molecule has 0 saturated carbocycles. The van der Waals surface area contributed by atoms with Gasteiger partial charge in [-0.15, -0.1) is 0 Å². The number of furan rings is 1. The van der Waals surface area contributed by atoms with Gasteiger partial charge in [0, 0.05) is 43.3 Å². The van der Waals surface area contributed by atoms with Gasteiger partial charge < -0.3 is 29.7 Å². The van der Waals surface area contributed by atoms with Gasteiger partial charge in [-0.25, -0.2) is 0 Å². The van der Waals surface area contributed by atoms with Crippen LogP contribution in [0.4, 0.5) is 0 Å². The number of aromatic nitrogens is 1. The van der Waals surface area contributed by atoms with E-state index < -0.39 is 5.91 Å². The highest BCUT2D eigenvalue weighted by Crippen LogP contribution is 2.23. The number of carbonyl (C=O) groups is 1. The fourth-order valence-corrected chi connectivity index (χ4v) is 5.19. The van der Waals surface area contributed by atoms with Crippen LogP contribution in [0.15, 0.2) is 75.9 Å². The minimum Gasteiger partial charge on any atom is -0.460 e. The van der Waals surface area contributed by atoms with E-state index in [4.69, 9.17) is 14.9 Å². The van der Waals surface area contributed by atoms with E-state index in [0.29, 0.717) is 36.6 Å². The van der Waals surface area contributed by atoms with Crippen LogP contribution in [0.2, 0.25) is 0 Å². The number of methoxy groups -OCH3 is 1. The second-order valence-electron chi connectivity index (χ2n) is 9.83. The average Bonchev–Trinajstić information content (AvgIpc) is 3.41. The largest absolute Gasteiger partial charge is 0.460 e. The van der Waals surface area contributed by atoms with Crippen LogP contribution in [0.3, 0.4) is 0 Å². The number of rotatable bonds is 10. The van der Waals surface area contributed by atoms with E-state index in [1.807, 2.05) is 60.7 Å². The zero-order valence-electron chi connectivity index (χ0n) is 21.7. The maximum Gasteiger partial charge on any atom is 0.251 e. The first kappa shape index (κ1) is 25.9. The summed E-state index contributed by atoms with van der Waals surface area (Å²) in [6.07, 6.45) is 2.06. The molecule has 0 bridgehead atoms. The van der Waals surface area contributed by atoms with Crippen LogP contribution in [0.5, 0.6) is 0 Å². The molecule has 5 rings (SSSR count). The Bertz CT molecular complexity index is 1450. The fraction of sp³-hybridized carbons (Fsp3) is 0.333. The second-order valence-corrected chi connectivity index (χ2v) is 9.83. The number of fused-ring (bicyclic) bond motifs is 1. The lowest BCUT2D eigenvalue weighted by Gasteiger charge is -2.32. The van der Waals surface area contributed by atoms with Crippen LogP contribution in [-0.4, -0.2) is 48.2 Å². The van der Waals surface area contributed by atoms with E-state index in [9.17, 15) is 9.59 Å². The highest BCUT2D eigenvalue weighted by molar-refractivity contribution is 6.05. The predicted molar refractivity (Wildman–Crippen MR) is 148 cm³/mol. The summed E-state index contributed by atoms with van der Waals surface area (Å²) >= 11 is 0. The molecule has 0 aliphatic carbocycles. The number of carbonyl (C=O) groups excluding carboxylic acids is 1. The van der Waals surface area contributed by atoms with Gasteiger partial charge >= 0.3 is 0 Å². The number of nitrogens with zero attached hydrogens (tertiary/aromatic N) is 2. The number of amides is 1. The summed E-state index contributed by atoms with van der Waals surface area (Å²) < 4.78 is 13.0. The van der Waals surface area contributed by atoms with Gasteiger partial charge in [-0.1, -0.05) is 42.5 Å². The standard InChI is InChI=1S/C30H34N4O4/c1-37-20-21-7-9-25-26(30(31)36)18-29(35)34(27(25)17-21)16-15-33-13-11-23(12-14-33)32-19-24-8-10-28(38-24)22-5-3-2-4-6-22/h2-10,17-18,23,32H,11-16,19-20H2,1H3,(H2,31,36). The first-order chi connectivity index (χ1) is 18.5. The van der Waals surface area contributed by atoms with Crippen LogP contribution in [0, 0.1) is 0 Å². The Kier molecular flexibility index (Phi) is 8.03. The Morgan fingerprint density at radius 1 is 1.05 bits per heavy atom. The average molecular weight is 515 g/mol. The molecule has 8 heteroatoms. The second kappa shape index (κ2) is 11.8. The van der Waals surface area contributed by atoms with Crippen LogP contribution in [0.25, 0.3) is 22.2 Å². The number of primary amides is 1. The van der Waals surface area contributed by atoms with Gasteiger partial charge in [-0.3, -0.25) is 9.59 Å². The van der Waals surface area contributed by atoms with Crippen molar-refractivity contribution in [3.05, 3.63) is 94.0 Å². The van der Waals surface area contributed by atoms with E-state index in [1.165, 1.54) is 6.07 Å². The molecule has 0 radical (unpaired) electrons. The fourth-order valence-electron chi connectivity index (χ4n) is 5.19. The highest BCUT2D eigenvalue weighted by Gasteiger charge is 2.20. The number of benzene rings is 2. The highest BCUT2D eigenvalue weighted by atomic mass is 16.5. The van der Waals surface area contributed by atoms with Crippen molar-refractivity contribution in [2.45, 2.75) is 38.6 Å². The van der Waals surface area contributed by atoms with Crippen LogP contribution >= 0.6 is 0 Å². The zero-order valence-corrected chi connectivity index (χ0v) is 21.7. The minimum absolute atomic E-state index is 0.217. The third-order valence-electron chi connectivity index (χ3n) is 7.27. The molecule has 1 fully saturated rings. The van der Waals surface area contributed by atoms with Crippen LogP contribution in [-0.2, 0) is 24.4 Å². The third kappa shape index (κ3) is 5.88. The van der Waals surface area contributed by atoms with Crippen molar-refractivity contribution in [1.29, 1.82) is 0 Å². The molecule has 8 nitrogen and oxygen atoms in total. The molecule has 1 amide bonds. The molecule has 0 spiro atoms. The molecule has 198 valence electrons. The number of piperidine rings is 1. The Labute approximate surface area is 222 Å². The number of nitrogens with two attached hydrogens (primary N) is 1. The van der Waals surface area contributed by atoms with Gasteiger partial charge in [0.25, 0.3) is 5.56 Å². The zero-order chi connectivity index (χ0) is 26.5. The van der Waals surface area contributed by atoms with E-state index in [-0.39, 0.29) is 11.1 Å². The first-order valence-corrected chi connectivity index (χ1v) is 13.1. The maximum atomic E-state index is 13.0. The van der Waals surface area contributed by atoms with Gasteiger partial charge in [-0.2, -0.15) is 0 Å². The van der Waals surface area contributed by atoms with Crippen molar-refractivity contribution >= 4 is 16.8 Å². The molecule has 0 atom stereocenters. The lowest BCUT2D eigenvalue weighted by Crippen LogP contribution is -2.43. The SMILES string of the molecule is COCc1ccc2c(C(N)=O)cc(=O)n(CCN3CCC(NCc4ccc(-c5ccccc5)o4)CC3)c2c1. The van der Waals surface area contributed by atoms with E-state index in [1.54, 1.807) is 11.7 Å². The minimum atomic E-state index is -0.598. The monoisotopic (exact) mass is 514 g/mol. The van der Waals surface area contributed by atoms with Gasteiger partial charge in [0.15, 0.2) is 0 Å². The van der Waals surface area contributed by atoms with E-state index in [2.05, 4.69) is 10.2 Å². The lowest BCUT2D eigenvalue weighted by atomic mass is 10.0. The molecular formula is C30H34N4O4.